The maximum atomic E-state index is 13.4. The summed E-state index contributed by atoms with van der Waals surface area (Å²) in [5.41, 5.74) is 4.18. The molecule has 3 aromatic heterocycles. The van der Waals surface area contributed by atoms with Crippen molar-refractivity contribution in [1.29, 1.82) is 0 Å². The van der Waals surface area contributed by atoms with E-state index < -0.39 is 0 Å². The highest BCUT2D eigenvalue weighted by molar-refractivity contribution is 6.52. The molecule has 0 amide bonds. The van der Waals surface area contributed by atoms with Crippen LogP contribution in [0.15, 0.2) is 55.0 Å². The molecule has 202 valence electrons. The van der Waals surface area contributed by atoms with Crippen LogP contribution in [0.25, 0.3) is 33.1 Å². The first-order chi connectivity index (χ1) is 19.2. The number of benzene rings is 1. The third kappa shape index (κ3) is 5.18. The number of rotatable bonds is 0. The van der Waals surface area contributed by atoms with Crippen molar-refractivity contribution in [3.8, 4) is 0 Å². The van der Waals surface area contributed by atoms with Gasteiger partial charge in [-0.2, -0.15) is 0 Å². The molecule has 0 saturated carbocycles. The number of ketones is 2. The molecular weight excluding hydrogens is 498 g/mol. The molecule has 1 aliphatic heterocycles. The monoisotopic (exact) mass is 529 g/mol. The van der Waals surface area contributed by atoms with Crippen molar-refractivity contribution in [3.63, 3.8) is 0 Å². The topological polar surface area (TPSA) is 93.8 Å². The second-order valence-electron chi connectivity index (χ2n) is 9.59. The van der Waals surface area contributed by atoms with Gasteiger partial charge in [0, 0.05) is 70.2 Å². The van der Waals surface area contributed by atoms with Gasteiger partial charge in [0.15, 0.2) is 11.6 Å². The van der Waals surface area contributed by atoms with E-state index in [0.29, 0.717) is 77.1 Å². The summed E-state index contributed by atoms with van der Waals surface area (Å²) in [6.07, 6.45) is 5.51. The first kappa shape index (κ1) is 25.6. The standard InChI is InChI=1S/C30H31N3O6/c34-26-18-27(35)29-24-20-33(30-22(24)5-3-7-31-30)9-11-37-13-15-39-17-16-38-14-12-36-10-8-32-19-23(28(26)29)21-4-1-2-6-25(21)32/h1-7,19-20H,8-18H2. The number of pyridine rings is 1. The summed E-state index contributed by atoms with van der Waals surface area (Å²) in [4.78, 5) is 31.4. The highest BCUT2D eigenvalue weighted by Crippen LogP contribution is 2.41. The first-order valence-electron chi connectivity index (χ1n) is 13.4. The largest absolute Gasteiger partial charge is 0.377 e. The summed E-state index contributed by atoms with van der Waals surface area (Å²) in [6, 6.07) is 11.8. The zero-order valence-corrected chi connectivity index (χ0v) is 21.8. The number of allylic oxidation sites excluding steroid dienone is 2. The van der Waals surface area contributed by atoms with Gasteiger partial charge in [0.1, 0.15) is 5.65 Å². The summed E-state index contributed by atoms with van der Waals surface area (Å²) in [6.45, 7) is 5.04. The Morgan fingerprint density at radius 1 is 0.615 bits per heavy atom. The van der Waals surface area contributed by atoms with Crippen molar-refractivity contribution in [2.45, 2.75) is 19.5 Å². The number of carbonyl (C=O) groups is 2. The lowest BCUT2D eigenvalue weighted by atomic mass is 9.96. The second-order valence-corrected chi connectivity index (χ2v) is 9.59. The molecule has 2 aliphatic rings. The van der Waals surface area contributed by atoms with Crippen LogP contribution < -0.4 is 0 Å². The third-order valence-corrected chi connectivity index (χ3v) is 7.16. The Balaban J connectivity index is 1.45. The van der Waals surface area contributed by atoms with Crippen LogP contribution in [0, 0.1) is 0 Å². The van der Waals surface area contributed by atoms with Gasteiger partial charge in [-0.1, -0.05) is 18.2 Å². The molecule has 0 saturated heterocycles. The average molecular weight is 530 g/mol. The first-order valence-corrected chi connectivity index (χ1v) is 13.4. The van der Waals surface area contributed by atoms with Crippen LogP contribution in [-0.4, -0.2) is 78.5 Å². The van der Waals surface area contributed by atoms with Crippen LogP contribution in [0.3, 0.4) is 0 Å². The SMILES string of the molecule is O=C1CC(=O)C2=C1c1cn(c3ccccc13)CCOCCOCCOCCOCCn1cc2c2cccnc21. The Morgan fingerprint density at radius 3 is 1.85 bits per heavy atom. The van der Waals surface area contributed by atoms with Crippen molar-refractivity contribution < 1.29 is 28.5 Å². The van der Waals surface area contributed by atoms with E-state index in [1.54, 1.807) is 6.20 Å². The highest BCUT2D eigenvalue weighted by atomic mass is 16.6. The van der Waals surface area contributed by atoms with Gasteiger partial charge in [0.25, 0.3) is 0 Å². The van der Waals surface area contributed by atoms with Gasteiger partial charge < -0.3 is 28.1 Å². The zero-order chi connectivity index (χ0) is 26.6. The molecule has 39 heavy (non-hydrogen) atoms. The van der Waals surface area contributed by atoms with Crippen LogP contribution in [0.1, 0.15) is 17.5 Å². The number of ether oxygens (including phenoxy) is 4. The summed E-state index contributed by atoms with van der Waals surface area (Å²) < 4.78 is 26.8. The average Bonchev–Trinajstić information content (AvgIpc) is 3.58. The lowest BCUT2D eigenvalue weighted by Crippen LogP contribution is -2.14. The van der Waals surface area contributed by atoms with Crippen LogP contribution in [0.2, 0.25) is 0 Å². The van der Waals surface area contributed by atoms with Crippen LogP contribution >= 0.6 is 0 Å². The van der Waals surface area contributed by atoms with Crippen molar-refractivity contribution in [1.82, 2.24) is 14.1 Å². The van der Waals surface area contributed by atoms with Crippen molar-refractivity contribution in [2.24, 2.45) is 0 Å². The number of para-hydroxylation sites is 1. The van der Waals surface area contributed by atoms with E-state index in [1.165, 1.54) is 0 Å². The number of Topliss-reactive ketones (excluding diaryl/α,β-unsaturated/α-hetero) is 2. The smallest absolute Gasteiger partial charge is 0.172 e. The minimum Gasteiger partial charge on any atom is -0.377 e. The van der Waals surface area contributed by atoms with E-state index in [-0.39, 0.29) is 18.0 Å². The fourth-order valence-electron chi connectivity index (χ4n) is 5.38. The molecule has 9 heteroatoms. The molecule has 0 spiro atoms. The van der Waals surface area contributed by atoms with Gasteiger partial charge in [-0.15, -0.1) is 0 Å². The Bertz CT molecular complexity index is 1430. The minimum absolute atomic E-state index is 0.136. The number of hydrogen-bond acceptors (Lipinski definition) is 7. The molecule has 0 atom stereocenters. The maximum Gasteiger partial charge on any atom is 0.172 e. The number of nitrogens with zero attached hydrogens (tertiary/aromatic N) is 3. The fourth-order valence-corrected chi connectivity index (χ4v) is 5.38. The summed E-state index contributed by atoms with van der Waals surface area (Å²) in [7, 11) is 0. The molecule has 4 bridgehead atoms. The lowest BCUT2D eigenvalue weighted by Gasteiger charge is -2.09. The molecule has 6 rings (SSSR count). The van der Waals surface area contributed by atoms with Gasteiger partial charge in [-0.25, -0.2) is 4.98 Å². The molecule has 0 fully saturated rings. The number of aromatic nitrogens is 3. The molecule has 0 radical (unpaired) electrons. The lowest BCUT2D eigenvalue weighted by molar-refractivity contribution is -0.119. The van der Waals surface area contributed by atoms with E-state index in [9.17, 15) is 9.59 Å². The van der Waals surface area contributed by atoms with Gasteiger partial charge in [0.05, 0.1) is 59.3 Å². The van der Waals surface area contributed by atoms with E-state index in [1.807, 2.05) is 53.4 Å². The number of carbonyl (C=O) groups excluding carboxylic acids is 2. The van der Waals surface area contributed by atoms with Crippen LogP contribution in [0.4, 0.5) is 0 Å². The minimum atomic E-state index is -0.166. The normalized spacial score (nSPS) is 18.8. The van der Waals surface area contributed by atoms with Gasteiger partial charge >= 0.3 is 0 Å². The van der Waals surface area contributed by atoms with Crippen molar-refractivity contribution in [3.05, 3.63) is 66.1 Å². The Kier molecular flexibility index (Phi) is 7.64. The summed E-state index contributed by atoms with van der Waals surface area (Å²) in [5, 5.41) is 1.77. The number of hydrogen-bond donors (Lipinski definition) is 0. The van der Waals surface area contributed by atoms with Crippen LogP contribution in [-0.2, 0) is 41.6 Å². The zero-order valence-electron chi connectivity index (χ0n) is 21.8. The van der Waals surface area contributed by atoms with E-state index in [4.69, 9.17) is 18.9 Å². The second kappa shape index (κ2) is 11.6. The number of fused-ring (bicyclic) bond motifs is 12. The predicted molar refractivity (Wildman–Crippen MR) is 146 cm³/mol. The molecular formula is C30H31N3O6. The van der Waals surface area contributed by atoms with E-state index in [0.717, 1.165) is 33.1 Å². The van der Waals surface area contributed by atoms with E-state index in [2.05, 4.69) is 9.55 Å². The molecule has 4 aromatic rings. The molecule has 4 heterocycles. The molecule has 0 unspecified atom stereocenters. The van der Waals surface area contributed by atoms with Gasteiger partial charge in [-0.3, -0.25) is 9.59 Å². The van der Waals surface area contributed by atoms with E-state index >= 15 is 0 Å². The van der Waals surface area contributed by atoms with Crippen molar-refractivity contribution >= 4 is 44.6 Å². The maximum absolute atomic E-state index is 13.4. The summed E-state index contributed by atoms with van der Waals surface area (Å²) in [5.74, 6) is -0.324. The van der Waals surface area contributed by atoms with Crippen molar-refractivity contribution in [2.75, 3.05) is 52.9 Å². The Morgan fingerprint density at radius 2 is 1.15 bits per heavy atom. The molecule has 1 aromatic carbocycles. The third-order valence-electron chi connectivity index (χ3n) is 7.16. The summed E-state index contributed by atoms with van der Waals surface area (Å²) >= 11 is 0. The highest BCUT2D eigenvalue weighted by Gasteiger charge is 2.35. The molecule has 1 aliphatic carbocycles. The van der Waals surface area contributed by atoms with Gasteiger partial charge in [-0.05, 0) is 18.2 Å². The predicted octanol–water partition coefficient (Wildman–Crippen LogP) is 3.52. The Hall–Kier alpha value is -3.63. The Labute approximate surface area is 225 Å². The fraction of sp³-hybridized carbons (Fsp3) is 0.367. The van der Waals surface area contributed by atoms with Crippen LogP contribution in [0.5, 0.6) is 0 Å². The molecule has 9 nitrogen and oxygen atoms in total. The molecule has 0 N–H and O–H groups in total. The quantitative estimate of drug-likeness (QED) is 0.322. The van der Waals surface area contributed by atoms with Gasteiger partial charge in [0.2, 0.25) is 0 Å².